The van der Waals surface area contributed by atoms with Crippen molar-refractivity contribution in [1.82, 2.24) is 9.38 Å². The molecule has 130 valence electrons. The monoisotopic (exact) mass is 351 g/mol. The second kappa shape index (κ2) is 6.50. The smallest absolute Gasteiger partial charge is 0.308 e. The average molecular weight is 351 g/mol. The van der Waals surface area contributed by atoms with Crippen molar-refractivity contribution in [3.05, 3.63) is 103 Å². The number of fused-ring (bicyclic) bond motifs is 1. The van der Waals surface area contributed by atoms with Crippen LogP contribution in [-0.4, -0.2) is 9.38 Å². The van der Waals surface area contributed by atoms with Crippen molar-refractivity contribution in [3.63, 3.8) is 0 Å². The van der Waals surface area contributed by atoms with Crippen molar-refractivity contribution < 1.29 is 4.42 Å². The van der Waals surface area contributed by atoms with Crippen LogP contribution in [0.25, 0.3) is 17.1 Å². The largest absolute Gasteiger partial charge is 0.432 e. The van der Waals surface area contributed by atoms with E-state index in [0.717, 1.165) is 28.5 Å². The molecular formula is C23H17N3O. The first-order valence-electron chi connectivity index (χ1n) is 8.83. The average Bonchev–Trinajstić information content (AvgIpc) is 3.33. The molecule has 4 heteroatoms. The third-order valence-corrected chi connectivity index (χ3v) is 4.52. The number of benzene rings is 3. The highest BCUT2D eigenvalue weighted by molar-refractivity contribution is 5.85. The summed E-state index contributed by atoms with van der Waals surface area (Å²) >= 11 is 0. The van der Waals surface area contributed by atoms with Crippen LogP contribution in [0.3, 0.4) is 0 Å². The lowest BCUT2D eigenvalue weighted by Crippen LogP contribution is -2.12. The topological polar surface area (TPSA) is 33.7 Å². The van der Waals surface area contributed by atoms with E-state index >= 15 is 0 Å². The van der Waals surface area contributed by atoms with Gasteiger partial charge in [0.15, 0.2) is 5.82 Å². The van der Waals surface area contributed by atoms with Crippen LogP contribution < -0.4 is 4.90 Å². The van der Waals surface area contributed by atoms with Gasteiger partial charge in [0.05, 0.1) is 6.20 Å². The minimum atomic E-state index is 0.570. The highest BCUT2D eigenvalue weighted by atomic mass is 16.3. The van der Waals surface area contributed by atoms with Gasteiger partial charge in [-0.05, 0) is 24.3 Å². The molecule has 0 atom stereocenters. The normalized spacial score (nSPS) is 11.0. The fraction of sp³-hybridized carbons (Fsp3) is 0. The van der Waals surface area contributed by atoms with Gasteiger partial charge in [0, 0.05) is 16.9 Å². The summed E-state index contributed by atoms with van der Waals surface area (Å²) < 4.78 is 7.60. The quantitative estimate of drug-likeness (QED) is 0.394. The van der Waals surface area contributed by atoms with Crippen LogP contribution >= 0.6 is 0 Å². The van der Waals surface area contributed by atoms with Crippen LogP contribution in [0.2, 0.25) is 0 Å². The van der Waals surface area contributed by atoms with E-state index in [1.165, 1.54) is 0 Å². The van der Waals surface area contributed by atoms with Gasteiger partial charge in [0.2, 0.25) is 0 Å². The second-order valence-electron chi connectivity index (χ2n) is 6.21. The number of para-hydroxylation sites is 2. The molecule has 0 spiro atoms. The minimum absolute atomic E-state index is 0.570. The SMILES string of the molecule is c1ccc(-c2nc3occn3c2N(c2ccccc2)c2ccccc2)cc1. The molecule has 4 nitrogen and oxygen atoms in total. The molecule has 5 rings (SSSR count). The number of imidazole rings is 1. The Kier molecular flexibility index (Phi) is 3.72. The Morgan fingerprint density at radius 1 is 0.704 bits per heavy atom. The first-order valence-corrected chi connectivity index (χ1v) is 8.83. The number of rotatable bonds is 4. The summed E-state index contributed by atoms with van der Waals surface area (Å²) in [5, 5.41) is 0. The third-order valence-electron chi connectivity index (χ3n) is 4.52. The van der Waals surface area contributed by atoms with Gasteiger partial charge in [-0.2, -0.15) is 4.98 Å². The summed E-state index contributed by atoms with van der Waals surface area (Å²) in [4.78, 5) is 6.98. The molecule has 0 radical (unpaired) electrons. The molecule has 0 aliphatic carbocycles. The highest BCUT2D eigenvalue weighted by Crippen LogP contribution is 2.40. The zero-order chi connectivity index (χ0) is 18.1. The molecule has 0 N–H and O–H groups in total. The Bertz CT molecular complexity index is 1120. The van der Waals surface area contributed by atoms with Gasteiger partial charge in [-0.25, -0.2) is 0 Å². The summed E-state index contributed by atoms with van der Waals surface area (Å²) in [5.74, 6) is 1.52. The zero-order valence-electron chi connectivity index (χ0n) is 14.6. The second-order valence-corrected chi connectivity index (χ2v) is 6.21. The first-order chi connectivity index (χ1) is 13.4. The molecule has 27 heavy (non-hydrogen) atoms. The molecule has 3 aromatic carbocycles. The minimum Gasteiger partial charge on any atom is -0.432 e. The van der Waals surface area contributed by atoms with E-state index in [2.05, 4.69) is 41.3 Å². The maximum atomic E-state index is 5.61. The predicted octanol–water partition coefficient (Wildman–Crippen LogP) is 6.06. The van der Waals surface area contributed by atoms with Gasteiger partial charge >= 0.3 is 5.84 Å². The number of aromatic nitrogens is 2. The van der Waals surface area contributed by atoms with Crippen LogP contribution in [0.1, 0.15) is 0 Å². The van der Waals surface area contributed by atoms with Crippen molar-refractivity contribution >= 4 is 23.0 Å². The Hall–Kier alpha value is -3.79. The highest BCUT2D eigenvalue weighted by Gasteiger charge is 2.23. The summed E-state index contributed by atoms with van der Waals surface area (Å²) in [7, 11) is 0. The Morgan fingerprint density at radius 3 is 1.85 bits per heavy atom. The van der Waals surface area contributed by atoms with E-state index in [4.69, 9.17) is 9.40 Å². The Labute approximate surface area is 156 Å². The summed E-state index contributed by atoms with van der Waals surface area (Å²) in [6, 6.07) is 30.8. The van der Waals surface area contributed by atoms with Gasteiger partial charge < -0.3 is 4.42 Å². The van der Waals surface area contributed by atoms with E-state index < -0.39 is 0 Å². The number of oxazole rings is 1. The molecule has 0 saturated heterocycles. The van der Waals surface area contributed by atoms with Gasteiger partial charge in [-0.1, -0.05) is 66.7 Å². The fourth-order valence-corrected chi connectivity index (χ4v) is 3.32. The lowest BCUT2D eigenvalue weighted by Gasteiger charge is -2.25. The lowest BCUT2D eigenvalue weighted by atomic mass is 10.1. The molecule has 0 unspecified atom stereocenters. The zero-order valence-corrected chi connectivity index (χ0v) is 14.6. The maximum Gasteiger partial charge on any atom is 0.308 e. The molecule has 0 fully saturated rings. The van der Waals surface area contributed by atoms with Crippen molar-refractivity contribution in [2.24, 2.45) is 0 Å². The molecule has 0 amide bonds. The molecular weight excluding hydrogens is 334 g/mol. The summed E-state index contributed by atoms with van der Waals surface area (Å²) in [5.41, 5.74) is 4.04. The number of anilines is 3. The maximum absolute atomic E-state index is 5.61. The molecule has 2 heterocycles. The number of hydrogen-bond acceptors (Lipinski definition) is 3. The number of hydrogen-bond donors (Lipinski definition) is 0. The Balaban J connectivity index is 1.82. The van der Waals surface area contributed by atoms with Crippen molar-refractivity contribution in [2.45, 2.75) is 0 Å². The van der Waals surface area contributed by atoms with Gasteiger partial charge in [0.1, 0.15) is 12.0 Å². The Morgan fingerprint density at radius 2 is 1.26 bits per heavy atom. The van der Waals surface area contributed by atoms with Crippen LogP contribution in [0.15, 0.2) is 108 Å². The molecule has 0 aliphatic rings. The standard InChI is InChI=1S/C23H17N3O/c1-4-10-18(11-5-1)21-22(25-16-17-27-23(25)24-21)26(19-12-6-2-7-13-19)20-14-8-3-9-15-20/h1-17H. The molecule has 5 aromatic rings. The van der Waals surface area contributed by atoms with Crippen molar-refractivity contribution in [3.8, 4) is 11.3 Å². The predicted molar refractivity (Wildman–Crippen MR) is 108 cm³/mol. The summed E-state index contributed by atoms with van der Waals surface area (Å²) in [6.07, 6.45) is 3.57. The molecule has 0 bridgehead atoms. The summed E-state index contributed by atoms with van der Waals surface area (Å²) in [6.45, 7) is 0. The van der Waals surface area contributed by atoms with E-state index in [1.54, 1.807) is 6.26 Å². The first kappa shape index (κ1) is 15.5. The molecule has 2 aromatic heterocycles. The van der Waals surface area contributed by atoms with E-state index in [0.29, 0.717) is 5.84 Å². The van der Waals surface area contributed by atoms with Crippen LogP contribution in [0.4, 0.5) is 17.2 Å². The molecule has 0 saturated carbocycles. The van der Waals surface area contributed by atoms with Crippen LogP contribution in [-0.2, 0) is 0 Å². The molecule has 0 aliphatic heterocycles. The van der Waals surface area contributed by atoms with Crippen molar-refractivity contribution in [2.75, 3.05) is 4.90 Å². The van der Waals surface area contributed by atoms with E-state index in [9.17, 15) is 0 Å². The van der Waals surface area contributed by atoms with E-state index in [1.807, 2.05) is 65.2 Å². The third kappa shape index (κ3) is 2.68. The van der Waals surface area contributed by atoms with Gasteiger partial charge in [0.25, 0.3) is 0 Å². The van der Waals surface area contributed by atoms with Crippen LogP contribution in [0.5, 0.6) is 0 Å². The van der Waals surface area contributed by atoms with Crippen LogP contribution in [0, 0.1) is 0 Å². The number of nitrogens with zero attached hydrogens (tertiary/aromatic N) is 3. The van der Waals surface area contributed by atoms with Crippen molar-refractivity contribution in [1.29, 1.82) is 0 Å². The fourth-order valence-electron chi connectivity index (χ4n) is 3.32. The lowest BCUT2D eigenvalue weighted by molar-refractivity contribution is 0.596. The van der Waals surface area contributed by atoms with Gasteiger partial charge in [-0.15, -0.1) is 0 Å². The van der Waals surface area contributed by atoms with E-state index in [-0.39, 0.29) is 0 Å². The van der Waals surface area contributed by atoms with Gasteiger partial charge in [-0.3, -0.25) is 9.30 Å².